The molecule has 0 radical (unpaired) electrons. The lowest BCUT2D eigenvalue weighted by Crippen LogP contribution is -2.33. The molecular weight excluding hydrogens is 406 g/mol. The van der Waals surface area contributed by atoms with E-state index >= 15 is 0 Å². The summed E-state index contributed by atoms with van der Waals surface area (Å²) in [6.07, 6.45) is 0. The van der Waals surface area contributed by atoms with E-state index in [4.69, 9.17) is 10.9 Å². The molecule has 0 aliphatic rings. The molecule has 0 spiro atoms. The van der Waals surface area contributed by atoms with Crippen molar-refractivity contribution in [2.75, 3.05) is 5.32 Å². The fourth-order valence-corrected chi connectivity index (χ4v) is 3.54. The molecule has 88 valence electrons. The van der Waals surface area contributed by atoms with Crippen LogP contribution in [0.5, 0.6) is 0 Å². The standard InChI is InChI=1S/C9H10Br3N3O/c1-4(9(13)15-16)14-8-6(11)2-5(10)3-7(8)12/h2-4,14,16H,1H3,(H2,13,15). The van der Waals surface area contributed by atoms with E-state index in [1.54, 1.807) is 6.92 Å². The Kier molecular flexibility index (Phi) is 5.07. The highest BCUT2D eigenvalue weighted by Crippen LogP contribution is 2.34. The summed E-state index contributed by atoms with van der Waals surface area (Å²) in [5.74, 6) is 0.127. The number of benzene rings is 1. The zero-order valence-corrected chi connectivity index (χ0v) is 13.1. The fraction of sp³-hybridized carbons (Fsp3) is 0.222. The zero-order valence-electron chi connectivity index (χ0n) is 8.34. The molecule has 1 rings (SSSR count). The van der Waals surface area contributed by atoms with Crippen molar-refractivity contribution in [1.82, 2.24) is 0 Å². The van der Waals surface area contributed by atoms with Gasteiger partial charge in [0.2, 0.25) is 0 Å². The number of oxime groups is 1. The minimum Gasteiger partial charge on any atom is -0.409 e. The van der Waals surface area contributed by atoms with Crippen LogP contribution in [-0.2, 0) is 0 Å². The van der Waals surface area contributed by atoms with Gasteiger partial charge in [0.15, 0.2) is 5.84 Å². The minimum atomic E-state index is -0.265. The molecule has 1 atom stereocenters. The SMILES string of the molecule is CC(Nc1c(Br)cc(Br)cc1Br)C(N)=NO. The van der Waals surface area contributed by atoms with Crippen molar-refractivity contribution in [1.29, 1.82) is 0 Å². The summed E-state index contributed by atoms with van der Waals surface area (Å²) >= 11 is 10.2. The molecule has 0 fully saturated rings. The van der Waals surface area contributed by atoms with Gasteiger partial charge in [0.05, 0.1) is 11.7 Å². The topological polar surface area (TPSA) is 70.6 Å². The van der Waals surface area contributed by atoms with Gasteiger partial charge >= 0.3 is 0 Å². The molecule has 0 aliphatic carbocycles. The van der Waals surface area contributed by atoms with Crippen LogP contribution in [0.4, 0.5) is 5.69 Å². The second-order valence-electron chi connectivity index (χ2n) is 3.14. The van der Waals surface area contributed by atoms with Gasteiger partial charge in [-0.15, -0.1) is 0 Å². The van der Waals surface area contributed by atoms with Crippen molar-refractivity contribution < 1.29 is 5.21 Å². The monoisotopic (exact) mass is 413 g/mol. The van der Waals surface area contributed by atoms with Gasteiger partial charge in [-0.05, 0) is 50.9 Å². The lowest BCUT2D eigenvalue weighted by atomic mass is 10.2. The summed E-state index contributed by atoms with van der Waals surface area (Å²) < 4.78 is 2.71. The molecule has 1 aromatic carbocycles. The van der Waals surface area contributed by atoms with Crippen LogP contribution in [0.2, 0.25) is 0 Å². The summed E-state index contributed by atoms with van der Waals surface area (Å²) in [4.78, 5) is 0. The number of hydrogen-bond donors (Lipinski definition) is 3. The van der Waals surface area contributed by atoms with Gasteiger partial charge in [-0.25, -0.2) is 0 Å². The van der Waals surface area contributed by atoms with E-state index < -0.39 is 0 Å². The lowest BCUT2D eigenvalue weighted by Gasteiger charge is -2.16. The second-order valence-corrected chi connectivity index (χ2v) is 5.76. The number of hydrogen-bond acceptors (Lipinski definition) is 3. The predicted octanol–water partition coefficient (Wildman–Crippen LogP) is 3.52. The highest BCUT2D eigenvalue weighted by molar-refractivity contribution is 9.11. The first kappa shape index (κ1) is 13.8. The molecule has 0 bridgehead atoms. The first-order valence-corrected chi connectivity index (χ1v) is 6.72. The third-order valence-corrected chi connectivity index (χ3v) is 3.64. The average molecular weight is 416 g/mol. The maximum atomic E-state index is 8.56. The van der Waals surface area contributed by atoms with Gasteiger partial charge in [0.25, 0.3) is 0 Å². The van der Waals surface area contributed by atoms with Crippen LogP contribution in [0.1, 0.15) is 6.92 Å². The van der Waals surface area contributed by atoms with Gasteiger partial charge in [0, 0.05) is 13.4 Å². The molecule has 0 saturated carbocycles. The number of nitrogens with one attached hydrogen (secondary N) is 1. The van der Waals surface area contributed by atoms with E-state index in [0.29, 0.717) is 0 Å². The van der Waals surface area contributed by atoms with Gasteiger partial charge < -0.3 is 16.3 Å². The maximum absolute atomic E-state index is 8.56. The molecule has 0 aromatic heterocycles. The van der Waals surface area contributed by atoms with Crippen LogP contribution in [0.25, 0.3) is 0 Å². The molecule has 16 heavy (non-hydrogen) atoms. The van der Waals surface area contributed by atoms with E-state index in [1.165, 1.54) is 0 Å². The Morgan fingerprint density at radius 3 is 2.31 bits per heavy atom. The van der Waals surface area contributed by atoms with E-state index in [1.807, 2.05) is 12.1 Å². The van der Waals surface area contributed by atoms with Crippen molar-refractivity contribution in [2.45, 2.75) is 13.0 Å². The van der Waals surface area contributed by atoms with E-state index in [2.05, 4.69) is 58.3 Å². The van der Waals surface area contributed by atoms with E-state index in [-0.39, 0.29) is 11.9 Å². The second kappa shape index (κ2) is 5.88. The molecule has 0 amide bonds. The summed E-state index contributed by atoms with van der Waals surface area (Å²) in [6, 6.07) is 3.55. The van der Waals surface area contributed by atoms with Crippen LogP contribution in [0.15, 0.2) is 30.7 Å². The Hall–Kier alpha value is -0.270. The largest absolute Gasteiger partial charge is 0.409 e. The third kappa shape index (κ3) is 3.36. The summed E-state index contributed by atoms with van der Waals surface area (Å²) in [5.41, 5.74) is 6.34. The van der Waals surface area contributed by atoms with Crippen LogP contribution >= 0.6 is 47.8 Å². The maximum Gasteiger partial charge on any atom is 0.161 e. The average Bonchev–Trinajstić information content (AvgIpc) is 2.21. The Bertz CT molecular complexity index is 399. The van der Waals surface area contributed by atoms with Crippen LogP contribution in [0.3, 0.4) is 0 Å². The number of amidine groups is 1. The van der Waals surface area contributed by atoms with Crippen molar-refractivity contribution in [3.8, 4) is 0 Å². The Labute approximate surface area is 119 Å². The fourth-order valence-electron chi connectivity index (χ4n) is 1.06. The summed E-state index contributed by atoms with van der Waals surface area (Å²) in [7, 11) is 0. The molecule has 1 aromatic rings. The number of nitrogens with zero attached hydrogens (tertiary/aromatic N) is 1. The molecule has 7 heteroatoms. The molecule has 0 saturated heterocycles. The Morgan fingerprint density at radius 2 is 1.88 bits per heavy atom. The third-order valence-electron chi connectivity index (χ3n) is 1.93. The first-order chi connectivity index (χ1) is 7.45. The molecule has 4 N–H and O–H groups in total. The van der Waals surface area contributed by atoms with Crippen LogP contribution < -0.4 is 11.1 Å². The lowest BCUT2D eigenvalue weighted by molar-refractivity contribution is 0.316. The van der Waals surface area contributed by atoms with E-state index in [0.717, 1.165) is 19.1 Å². The molecule has 0 heterocycles. The van der Waals surface area contributed by atoms with Gasteiger partial charge in [-0.3, -0.25) is 0 Å². The Balaban J connectivity index is 2.98. The quantitative estimate of drug-likeness (QED) is 0.306. The highest BCUT2D eigenvalue weighted by atomic mass is 79.9. The number of halogens is 3. The minimum absolute atomic E-state index is 0.127. The van der Waals surface area contributed by atoms with Crippen LogP contribution in [-0.4, -0.2) is 17.1 Å². The first-order valence-electron chi connectivity index (χ1n) is 4.34. The molecule has 0 aliphatic heterocycles. The Morgan fingerprint density at radius 1 is 1.38 bits per heavy atom. The van der Waals surface area contributed by atoms with Crippen molar-refractivity contribution in [3.63, 3.8) is 0 Å². The van der Waals surface area contributed by atoms with Gasteiger partial charge in [-0.1, -0.05) is 21.1 Å². The van der Waals surface area contributed by atoms with Crippen molar-refractivity contribution in [3.05, 3.63) is 25.6 Å². The zero-order chi connectivity index (χ0) is 12.3. The van der Waals surface area contributed by atoms with Crippen molar-refractivity contribution in [2.24, 2.45) is 10.9 Å². The number of rotatable bonds is 3. The predicted molar refractivity (Wildman–Crippen MR) is 76.0 cm³/mol. The van der Waals surface area contributed by atoms with Crippen LogP contribution in [0, 0.1) is 0 Å². The number of anilines is 1. The smallest absolute Gasteiger partial charge is 0.161 e. The van der Waals surface area contributed by atoms with Crippen molar-refractivity contribution >= 4 is 59.3 Å². The summed E-state index contributed by atoms with van der Waals surface area (Å²) in [5, 5.41) is 14.6. The van der Waals surface area contributed by atoms with Gasteiger partial charge in [0.1, 0.15) is 0 Å². The molecule has 1 unspecified atom stereocenters. The highest BCUT2D eigenvalue weighted by Gasteiger charge is 2.12. The molecular formula is C9H10Br3N3O. The normalized spacial score (nSPS) is 13.6. The van der Waals surface area contributed by atoms with E-state index in [9.17, 15) is 0 Å². The molecule has 4 nitrogen and oxygen atoms in total. The number of nitrogens with two attached hydrogens (primary N) is 1. The summed E-state index contributed by atoms with van der Waals surface area (Å²) in [6.45, 7) is 1.80. The van der Waals surface area contributed by atoms with Gasteiger partial charge in [-0.2, -0.15) is 0 Å².